The van der Waals surface area contributed by atoms with Crippen LogP contribution in [0.2, 0.25) is 0 Å². The van der Waals surface area contributed by atoms with Gasteiger partial charge in [0.05, 0.1) is 34.0 Å². The molecule has 0 aliphatic carbocycles. The van der Waals surface area contributed by atoms with Crippen molar-refractivity contribution in [2.24, 2.45) is 0 Å². The molecule has 0 bridgehead atoms. The molecule has 1 N–H and O–H groups in total. The number of nitrogens with one attached hydrogen (secondary N) is 1. The molecule has 0 radical (unpaired) electrons. The summed E-state index contributed by atoms with van der Waals surface area (Å²) in [5.41, 5.74) is 2.01. The summed E-state index contributed by atoms with van der Waals surface area (Å²) in [4.78, 5) is 17.0. The van der Waals surface area contributed by atoms with Gasteiger partial charge in [0.25, 0.3) is 5.91 Å². The van der Waals surface area contributed by atoms with Crippen LogP contribution >= 0.6 is 11.3 Å². The van der Waals surface area contributed by atoms with E-state index in [0.29, 0.717) is 40.2 Å². The molecule has 0 saturated carbocycles. The Balaban J connectivity index is 1.74. The Morgan fingerprint density at radius 3 is 2.41 bits per heavy atom. The fourth-order valence-corrected chi connectivity index (χ4v) is 3.64. The Labute approximate surface area is 173 Å². The van der Waals surface area contributed by atoms with Crippen LogP contribution in [0.1, 0.15) is 16.1 Å². The topological polar surface area (TPSA) is 78.9 Å². The van der Waals surface area contributed by atoms with E-state index in [0.717, 1.165) is 11.1 Å². The fraction of sp³-hybridized carbons (Fsp3) is 0.238. The van der Waals surface area contributed by atoms with Crippen molar-refractivity contribution in [2.45, 2.75) is 6.54 Å². The third kappa shape index (κ3) is 4.43. The largest absolute Gasteiger partial charge is 0.493 e. The van der Waals surface area contributed by atoms with Gasteiger partial charge in [-0.15, -0.1) is 11.3 Å². The van der Waals surface area contributed by atoms with Crippen molar-refractivity contribution in [2.75, 3.05) is 28.4 Å². The molecule has 0 saturated heterocycles. The number of ether oxygens (including phenoxy) is 4. The average Bonchev–Trinajstić information content (AvgIpc) is 3.26. The van der Waals surface area contributed by atoms with Gasteiger partial charge in [-0.3, -0.25) is 4.79 Å². The highest BCUT2D eigenvalue weighted by molar-refractivity contribution is 7.13. The Bertz CT molecular complexity index is 1000. The minimum Gasteiger partial charge on any atom is -0.493 e. The molecule has 152 valence electrons. The first-order chi connectivity index (χ1) is 14.1. The lowest BCUT2D eigenvalue weighted by molar-refractivity contribution is 0.0946. The Kier molecular flexibility index (Phi) is 6.56. The number of carbonyl (C=O) groups is 1. The number of carbonyl (C=O) groups excluding carboxylic acids is 1. The summed E-state index contributed by atoms with van der Waals surface area (Å²) < 4.78 is 21.3. The number of para-hydroxylation sites is 1. The van der Waals surface area contributed by atoms with Crippen LogP contribution < -0.4 is 24.3 Å². The molecule has 7 nitrogen and oxygen atoms in total. The maximum atomic E-state index is 12.5. The highest BCUT2D eigenvalue weighted by atomic mass is 32.1. The Morgan fingerprint density at radius 1 is 0.966 bits per heavy atom. The van der Waals surface area contributed by atoms with E-state index in [9.17, 15) is 4.79 Å². The fourth-order valence-electron chi connectivity index (χ4n) is 2.82. The minimum absolute atomic E-state index is 0.260. The number of aromatic nitrogens is 1. The van der Waals surface area contributed by atoms with E-state index in [-0.39, 0.29) is 5.91 Å². The van der Waals surface area contributed by atoms with E-state index in [4.69, 9.17) is 18.9 Å². The smallest absolute Gasteiger partial charge is 0.271 e. The molecule has 0 spiro atoms. The van der Waals surface area contributed by atoms with Crippen LogP contribution in [0.3, 0.4) is 0 Å². The average molecular weight is 414 g/mol. The maximum absolute atomic E-state index is 12.5. The van der Waals surface area contributed by atoms with Crippen LogP contribution in [0, 0.1) is 0 Å². The van der Waals surface area contributed by atoms with Crippen molar-refractivity contribution in [1.82, 2.24) is 10.3 Å². The molecule has 0 aliphatic rings. The van der Waals surface area contributed by atoms with E-state index >= 15 is 0 Å². The maximum Gasteiger partial charge on any atom is 0.271 e. The summed E-state index contributed by atoms with van der Waals surface area (Å²) in [6, 6.07) is 11.0. The van der Waals surface area contributed by atoms with Gasteiger partial charge in [0, 0.05) is 11.9 Å². The van der Waals surface area contributed by atoms with Crippen LogP contribution in [0.5, 0.6) is 23.0 Å². The van der Waals surface area contributed by atoms with E-state index in [1.807, 2.05) is 30.3 Å². The van der Waals surface area contributed by atoms with Crippen molar-refractivity contribution in [3.63, 3.8) is 0 Å². The van der Waals surface area contributed by atoms with Crippen LogP contribution in [0.4, 0.5) is 0 Å². The third-order valence-electron chi connectivity index (χ3n) is 4.27. The zero-order valence-electron chi connectivity index (χ0n) is 16.6. The number of nitrogens with zero attached hydrogens (tertiary/aromatic N) is 1. The normalized spacial score (nSPS) is 10.3. The number of methoxy groups -OCH3 is 4. The van der Waals surface area contributed by atoms with Crippen molar-refractivity contribution < 1.29 is 23.7 Å². The predicted octanol–water partition coefficient (Wildman–Crippen LogP) is 3.77. The van der Waals surface area contributed by atoms with Gasteiger partial charge in [-0.25, -0.2) is 4.98 Å². The van der Waals surface area contributed by atoms with Gasteiger partial charge in [0.1, 0.15) is 10.7 Å². The molecule has 1 amide bonds. The SMILES string of the molecule is COc1ccc(CNC(=O)c2csc(-c3cccc(OC)c3OC)n2)cc1OC. The molecule has 0 unspecified atom stereocenters. The Hall–Kier alpha value is -3.26. The van der Waals surface area contributed by atoms with Crippen LogP contribution in [0.25, 0.3) is 10.6 Å². The molecule has 29 heavy (non-hydrogen) atoms. The van der Waals surface area contributed by atoms with E-state index in [1.54, 1.807) is 39.9 Å². The van der Waals surface area contributed by atoms with Gasteiger partial charge in [0.15, 0.2) is 23.0 Å². The van der Waals surface area contributed by atoms with E-state index < -0.39 is 0 Å². The van der Waals surface area contributed by atoms with Gasteiger partial charge < -0.3 is 24.3 Å². The van der Waals surface area contributed by atoms with Gasteiger partial charge >= 0.3 is 0 Å². The lowest BCUT2D eigenvalue weighted by Crippen LogP contribution is -2.23. The van der Waals surface area contributed by atoms with Crippen molar-refractivity contribution in [1.29, 1.82) is 0 Å². The molecular weight excluding hydrogens is 392 g/mol. The molecule has 8 heteroatoms. The molecule has 1 heterocycles. The number of thiazole rings is 1. The molecule has 3 aromatic rings. The molecule has 0 fully saturated rings. The molecule has 3 rings (SSSR count). The van der Waals surface area contributed by atoms with Crippen LogP contribution in [-0.2, 0) is 6.54 Å². The van der Waals surface area contributed by atoms with Gasteiger partial charge in [0.2, 0.25) is 0 Å². The van der Waals surface area contributed by atoms with Crippen molar-refractivity contribution >= 4 is 17.2 Å². The zero-order valence-corrected chi connectivity index (χ0v) is 17.5. The third-order valence-corrected chi connectivity index (χ3v) is 5.15. The second kappa shape index (κ2) is 9.29. The lowest BCUT2D eigenvalue weighted by atomic mass is 10.2. The Morgan fingerprint density at radius 2 is 1.72 bits per heavy atom. The highest BCUT2D eigenvalue weighted by Gasteiger charge is 2.17. The first-order valence-electron chi connectivity index (χ1n) is 8.77. The van der Waals surface area contributed by atoms with Gasteiger partial charge in [-0.05, 0) is 29.8 Å². The molecule has 1 aromatic heterocycles. The number of hydrogen-bond donors (Lipinski definition) is 1. The van der Waals surface area contributed by atoms with Crippen molar-refractivity contribution in [3.8, 4) is 33.6 Å². The first kappa shape index (κ1) is 20.5. The summed E-state index contributed by atoms with van der Waals surface area (Å²) in [6.45, 7) is 0.342. The van der Waals surface area contributed by atoms with Gasteiger partial charge in [-0.2, -0.15) is 0 Å². The summed E-state index contributed by atoms with van der Waals surface area (Å²) in [7, 11) is 6.31. The number of benzene rings is 2. The monoisotopic (exact) mass is 414 g/mol. The second-order valence-corrected chi connectivity index (χ2v) is 6.81. The summed E-state index contributed by atoms with van der Waals surface area (Å²) in [5, 5.41) is 5.27. The summed E-state index contributed by atoms with van der Waals surface area (Å²) >= 11 is 1.37. The number of rotatable bonds is 8. The second-order valence-electron chi connectivity index (χ2n) is 5.95. The van der Waals surface area contributed by atoms with Gasteiger partial charge in [-0.1, -0.05) is 12.1 Å². The summed E-state index contributed by atoms with van der Waals surface area (Å²) in [5.74, 6) is 2.18. The van der Waals surface area contributed by atoms with Crippen LogP contribution in [0.15, 0.2) is 41.8 Å². The predicted molar refractivity (Wildman–Crippen MR) is 111 cm³/mol. The van der Waals surface area contributed by atoms with Crippen LogP contribution in [-0.4, -0.2) is 39.3 Å². The van der Waals surface area contributed by atoms with E-state index in [2.05, 4.69) is 10.3 Å². The first-order valence-corrected chi connectivity index (χ1v) is 9.65. The lowest BCUT2D eigenvalue weighted by Gasteiger charge is -2.10. The molecule has 0 atom stereocenters. The zero-order chi connectivity index (χ0) is 20.8. The van der Waals surface area contributed by atoms with Crippen molar-refractivity contribution in [3.05, 3.63) is 53.0 Å². The highest BCUT2D eigenvalue weighted by Crippen LogP contribution is 2.39. The standard InChI is InChI=1S/C21H22N2O5S/c1-25-16-9-8-13(10-18(16)27-3)11-22-20(24)15-12-29-21(23-15)14-6-5-7-17(26-2)19(14)28-4/h5-10,12H,11H2,1-4H3,(H,22,24). The molecule has 2 aromatic carbocycles. The molecular formula is C21H22N2O5S. The number of hydrogen-bond acceptors (Lipinski definition) is 7. The number of amides is 1. The minimum atomic E-state index is -0.260. The quantitative estimate of drug-likeness (QED) is 0.604. The molecule has 0 aliphatic heterocycles. The van der Waals surface area contributed by atoms with E-state index in [1.165, 1.54) is 11.3 Å². The summed E-state index contributed by atoms with van der Waals surface area (Å²) in [6.07, 6.45) is 0.